The molecule has 1 heterocycles. The first-order valence-corrected chi connectivity index (χ1v) is 7.02. The lowest BCUT2D eigenvalue weighted by molar-refractivity contribution is -0.135. The minimum absolute atomic E-state index is 0.00928. The molecule has 0 spiro atoms. The van der Waals surface area contributed by atoms with Crippen molar-refractivity contribution in [1.82, 2.24) is 9.88 Å². The van der Waals surface area contributed by atoms with Crippen molar-refractivity contribution in [3.8, 4) is 0 Å². The van der Waals surface area contributed by atoms with Gasteiger partial charge in [-0.15, -0.1) is 0 Å². The average molecular weight is 262 g/mol. The van der Waals surface area contributed by atoms with E-state index in [1.165, 1.54) is 0 Å². The zero-order valence-corrected chi connectivity index (χ0v) is 11.5. The molecule has 4 heteroatoms. The van der Waals surface area contributed by atoms with Crippen LogP contribution in [0.1, 0.15) is 37.8 Å². The Bertz CT molecular complexity index is 408. The maximum atomic E-state index is 12.1. The van der Waals surface area contributed by atoms with Gasteiger partial charge in [-0.25, -0.2) is 0 Å². The van der Waals surface area contributed by atoms with Gasteiger partial charge in [0.15, 0.2) is 0 Å². The lowest BCUT2D eigenvalue weighted by atomic mass is 9.91. The summed E-state index contributed by atoms with van der Waals surface area (Å²) in [5.74, 6) is 0.0941. The van der Waals surface area contributed by atoms with Crippen molar-refractivity contribution in [3.05, 3.63) is 30.1 Å². The number of nitrogens with zero attached hydrogens (tertiary/aromatic N) is 2. The number of aliphatic hydroxyl groups excluding tert-OH is 1. The monoisotopic (exact) mass is 262 g/mol. The van der Waals surface area contributed by atoms with Crippen molar-refractivity contribution in [2.45, 2.75) is 50.7 Å². The van der Waals surface area contributed by atoms with E-state index < -0.39 is 0 Å². The molecule has 1 amide bonds. The highest BCUT2D eigenvalue weighted by Crippen LogP contribution is 2.22. The van der Waals surface area contributed by atoms with E-state index in [9.17, 15) is 9.90 Å². The number of pyridine rings is 1. The van der Waals surface area contributed by atoms with Gasteiger partial charge in [-0.3, -0.25) is 9.78 Å². The first kappa shape index (κ1) is 14.0. The Labute approximate surface area is 114 Å². The maximum Gasteiger partial charge on any atom is 0.223 e. The van der Waals surface area contributed by atoms with Gasteiger partial charge in [0.25, 0.3) is 0 Å². The van der Waals surface area contributed by atoms with E-state index in [2.05, 4.69) is 4.98 Å². The second kappa shape index (κ2) is 6.66. The van der Waals surface area contributed by atoms with Crippen molar-refractivity contribution >= 4 is 5.91 Å². The normalized spacial score (nSPS) is 23.1. The van der Waals surface area contributed by atoms with E-state index in [1.807, 2.05) is 18.2 Å². The van der Waals surface area contributed by atoms with Crippen LogP contribution in [-0.2, 0) is 11.2 Å². The molecule has 1 aliphatic rings. The lowest BCUT2D eigenvalue weighted by Crippen LogP contribution is -2.46. The summed E-state index contributed by atoms with van der Waals surface area (Å²) in [4.78, 5) is 18.1. The van der Waals surface area contributed by atoms with E-state index in [1.54, 1.807) is 18.1 Å². The largest absolute Gasteiger partial charge is 0.391 e. The third-order valence-electron chi connectivity index (χ3n) is 3.91. The molecule has 1 saturated carbocycles. The number of aliphatic hydroxyl groups is 1. The number of carbonyl (C=O) groups is 1. The van der Waals surface area contributed by atoms with Gasteiger partial charge in [-0.05, 0) is 31.4 Å². The van der Waals surface area contributed by atoms with Crippen molar-refractivity contribution in [2.24, 2.45) is 0 Å². The van der Waals surface area contributed by atoms with Gasteiger partial charge < -0.3 is 10.0 Å². The molecule has 0 saturated heterocycles. The summed E-state index contributed by atoms with van der Waals surface area (Å²) >= 11 is 0. The van der Waals surface area contributed by atoms with Gasteiger partial charge in [-0.1, -0.05) is 18.9 Å². The number of amides is 1. The van der Waals surface area contributed by atoms with Crippen molar-refractivity contribution in [2.75, 3.05) is 7.05 Å². The zero-order chi connectivity index (χ0) is 13.7. The maximum absolute atomic E-state index is 12.1. The van der Waals surface area contributed by atoms with Gasteiger partial charge in [0.1, 0.15) is 0 Å². The molecule has 19 heavy (non-hydrogen) atoms. The van der Waals surface area contributed by atoms with Crippen LogP contribution in [0.3, 0.4) is 0 Å². The highest BCUT2D eigenvalue weighted by molar-refractivity contribution is 5.76. The SMILES string of the molecule is CN(C(=O)CCc1ccccn1)C1CCCCC1O. The minimum atomic E-state index is -0.363. The number of carbonyl (C=O) groups excluding carboxylic acids is 1. The molecule has 0 aromatic carbocycles. The lowest BCUT2D eigenvalue weighted by Gasteiger charge is -2.35. The predicted octanol–water partition coefficient (Wildman–Crippen LogP) is 1.78. The molecule has 104 valence electrons. The Morgan fingerprint density at radius 3 is 2.89 bits per heavy atom. The van der Waals surface area contributed by atoms with Crippen LogP contribution in [0.25, 0.3) is 0 Å². The molecule has 0 radical (unpaired) electrons. The summed E-state index contributed by atoms with van der Waals surface area (Å²) in [6, 6.07) is 5.73. The third-order valence-corrected chi connectivity index (χ3v) is 3.91. The highest BCUT2D eigenvalue weighted by Gasteiger charge is 2.28. The number of likely N-dealkylation sites (N-methyl/N-ethyl adjacent to an activating group) is 1. The summed E-state index contributed by atoms with van der Waals surface area (Å²) < 4.78 is 0. The molecule has 1 aliphatic carbocycles. The van der Waals surface area contributed by atoms with E-state index in [0.717, 1.165) is 31.4 Å². The Hall–Kier alpha value is -1.42. The molecule has 1 fully saturated rings. The minimum Gasteiger partial charge on any atom is -0.391 e. The van der Waals surface area contributed by atoms with Crippen molar-refractivity contribution in [1.29, 1.82) is 0 Å². The summed E-state index contributed by atoms with van der Waals surface area (Å²) in [5, 5.41) is 9.97. The smallest absolute Gasteiger partial charge is 0.223 e. The molecule has 2 atom stereocenters. The molecule has 0 bridgehead atoms. The molecule has 0 aliphatic heterocycles. The van der Waals surface area contributed by atoms with Crippen LogP contribution in [0.15, 0.2) is 24.4 Å². The fourth-order valence-electron chi connectivity index (χ4n) is 2.69. The zero-order valence-electron chi connectivity index (χ0n) is 11.5. The Balaban J connectivity index is 1.85. The molecule has 1 N–H and O–H groups in total. The fourth-order valence-corrected chi connectivity index (χ4v) is 2.69. The van der Waals surface area contributed by atoms with Crippen molar-refractivity contribution in [3.63, 3.8) is 0 Å². The number of aryl methyl sites for hydroxylation is 1. The van der Waals surface area contributed by atoms with Gasteiger partial charge in [0.05, 0.1) is 12.1 Å². The number of hydrogen-bond acceptors (Lipinski definition) is 3. The number of rotatable bonds is 4. The summed E-state index contributed by atoms with van der Waals surface area (Å²) in [5.41, 5.74) is 0.938. The second-order valence-corrected chi connectivity index (χ2v) is 5.24. The Morgan fingerprint density at radius 2 is 2.21 bits per heavy atom. The molecular weight excluding hydrogens is 240 g/mol. The van der Waals surface area contributed by atoms with Crippen LogP contribution in [0.2, 0.25) is 0 Å². The molecule has 2 unspecified atom stereocenters. The van der Waals surface area contributed by atoms with Crippen LogP contribution >= 0.6 is 0 Å². The van der Waals surface area contributed by atoms with Gasteiger partial charge in [0, 0.05) is 25.4 Å². The van der Waals surface area contributed by atoms with Crippen LogP contribution in [0.5, 0.6) is 0 Å². The van der Waals surface area contributed by atoms with E-state index in [4.69, 9.17) is 0 Å². The Kier molecular flexibility index (Phi) is 4.91. The van der Waals surface area contributed by atoms with Gasteiger partial charge in [0.2, 0.25) is 5.91 Å². The van der Waals surface area contributed by atoms with Crippen LogP contribution in [0.4, 0.5) is 0 Å². The number of hydrogen-bond donors (Lipinski definition) is 1. The summed E-state index contributed by atoms with van der Waals surface area (Å²) in [6.45, 7) is 0. The summed E-state index contributed by atoms with van der Waals surface area (Å²) in [6.07, 6.45) is 6.37. The second-order valence-electron chi connectivity index (χ2n) is 5.24. The molecule has 1 aromatic heterocycles. The fraction of sp³-hybridized carbons (Fsp3) is 0.600. The average Bonchev–Trinajstić information content (AvgIpc) is 2.45. The quantitative estimate of drug-likeness (QED) is 0.900. The summed E-state index contributed by atoms with van der Waals surface area (Å²) in [7, 11) is 1.81. The topological polar surface area (TPSA) is 53.4 Å². The molecular formula is C15H22N2O2. The van der Waals surface area contributed by atoms with Crippen LogP contribution in [0, 0.1) is 0 Å². The highest BCUT2D eigenvalue weighted by atomic mass is 16.3. The van der Waals surface area contributed by atoms with Crippen LogP contribution in [-0.4, -0.2) is 40.1 Å². The van der Waals surface area contributed by atoms with Crippen LogP contribution < -0.4 is 0 Å². The van der Waals surface area contributed by atoms with E-state index in [0.29, 0.717) is 12.8 Å². The molecule has 2 rings (SSSR count). The van der Waals surface area contributed by atoms with Crippen molar-refractivity contribution < 1.29 is 9.90 Å². The molecule has 4 nitrogen and oxygen atoms in total. The van der Waals surface area contributed by atoms with Gasteiger partial charge >= 0.3 is 0 Å². The first-order chi connectivity index (χ1) is 9.18. The van der Waals surface area contributed by atoms with E-state index >= 15 is 0 Å². The molecule has 1 aromatic rings. The third kappa shape index (κ3) is 3.77. The van der Waals surface area contributed by atoms with Gasteiger partial charge in [-0.2, -0.15) is 0 Å². The standard InChI is InChI=1S/C15H22N2O2/c1-17(13-7-2-3-8-14(13)18)15(19)10-9-12-6-4-5-11-16-12/h4-6,11,13-14,18H,2-3,7-10H2,1H3. The first-order valence-electron chi connectivity index (χ1n) is 7.02. The van der Waals surface area contributed by atoms with E-state index in [-0.39, 0.29) is 18.1 Å². The number of aromatic nitrogens is 1. The Morgan fingerprint density at radius 1 is 1.42 bits per heavy atom. The predicted molar refractivity (Wildman–Crippen MR) is 73.6 cm³/mol.